The molecule has 2 amide bonds. The molecule has 0 spiro atoms. The average molecular weight is 674 g/mol. The third-order valence-electron chi connectivity index (χ3n) is 7.03. The van der Waals surface area contributed by atoms with Crippen molar-refractivity contribution in [1.29, 1.82) is 0 Å². The number of nitrogens with zero attached hydrogens (tertiary/aromatic N) is 4. The molecular weight excluding hydrogens is 642 g/mol. The highest BCUT2D eigenvalue weighted by Crippen LogP contribution is 2.18. The lowest BCUT2D eigenvalue weighted by Gasteiger charge is -2.15. The molecule has 5 rings (SSSR count). The van der Waals surface area contributed by atoms with Crippen molar-refractivity contribution in [3.63, 3.8) is 0 Å². The topological polar surface area (TPSA) is 233 Å². The number of fused-ring (bicyclic) bond motifs is 1. The van der Waals surface area contributed by atoms with E-state index in [1.807, 2.05) is 4.68 Å². The molecule has 0 aliphatic carbocycles. The summed E-state index contributed by atoms with van der Waals surface area (Å²) in [6.45, 7) is 0.957. The Morgan fingerprint density at radius 2 is 1.81 bits per heavy atom. The molecule has 5 aromatic rings. The molecule has 48 heavy (non-hydrogen) atoms. The fourth-order valence-electron chi connectivity index (χ4n) is 4.63. The molecule has 2 aromatic carbocycles. The second kappa shape index (κ2) is 15.0. The lowest BCUT2D eigenvalue weighted by atomic mass is 10.1. The number of carbonyl (C=O) groups is 3. The van der Waals surface area contributed by atoms with E-state index >= 15 is 0 Å². The Balaban J connectivity index is 1.12. The van der Waals surface area contributed by atoms with Gasteiger partial charge >= 0.3 is 5.97 Å². The molecule has 0 unspecified atom stereocenters. The van der Waals surface area contributed by atoms with Crippen LogP contribution in [0.25, 0.3) is 17.0 Å². The van der Waals surface area contributed by atoms with E-state index in [4.69, 9.17) is 0 Å². The Labute approximate surface area is 274 Å². The number of imidazole rings is 1. The van der Waals surface area contributed by atoms with Crippen LogP contribution in [0.4, 0.5) is 11.8 Å². The average Bonchev–Trinajstić information content (AvgIpc) is 3.74. The van der Waals surface area contributed by atoms with E-state index in [0.29, 0.717) is 30.4 Å². The summed E-state index contributed by atoms with van der Waals surface area (Å²) >= 11 is 0. The zero-order valence-corrected chi connectivity index (χ0v) is 26.0. The van der Waals surface area contributed by atoms with Crippen LogP contribution in [0, 0.1) is 0 Å². The second-order valence-corrected chi connectivity index (χ2v) is 11.7. The van der Waals surface area contributed by atoms with Gasteiger partial charge in [-0.15, -0.1) is 0 Å². The quantitative estimate of drug-likeness (QED) is 0.0628. The van der Waals surface area contributed by atoms with Crippen LogP contribution in [-0.2, 0) is 21.5 Å². The summed E-state index contributed by atoms with van der Waals surface area (Å²) in [5.41, 5.74) is 1.46. The highest BCUT2D eigenvalue weighted by atomic mass is 32.2. The molecule has 0 fully saturated rings. The van der Waals surface area contributed by atoms with Crippen molar-refractivity contribution in [1.82, 2.24) is 35.4 Å². The summed E-state index contributed by atoms with van der Waals surface area (Å²) in [6.07, 6.45) is 9.89. The van der Waals surface area contributed by atoms with Crippen LogP contribution < -0.4 is 21.3 Å². The summed E-state index contributed by atoms with van der Waals surface area (Å²) in [4.78, 5) is 48.4. The number of carboxylic acid groups (broad SMARTS) is 1. The maximum atomic E-state index is 12.9. The first-order valence-electron chi connectivity index (χ1n) is 14.5. The maximum Gasteiger partial charge on any atom is 0.328 e. The van der Waals surface area contributed by atoms with Gasteiger partial charge in [-0.3, -0.25) is 18.8 Å². The van der Waals surface area contributed by atoms with Crippen LogP contribution in [0.2, 0.25) is 0 Å². The normalized spacial score (nSPS) is 12.1. The standard InChI is InChI=1S/C31H31N9O7S/c41-28(21-6-8-25-23(16-21)18-38-40(25)15-3-11-33-31-34-13-14-35-31)37-19-24(30(43)44)39-29(42)22-7-9-27(36-17-22)32-12-10-20-4-1-2-5-26(20)48(45,46)47/h1-2,4-10,12-14,16-18,24H,3,11,15,19H2,(H,32,36)(H,37,41)(H,39,42)(H,43,44)(H2,33,34,35)(H,45,46,47)/b12-10+/t24-/m0/s1. The number of amides is 2. The summed E-state index contributed by atoms with van der Waals surface area (Å²) in [5, 5.41) is 25.7. The van der Waals surface area contributed by atoms with Gasteiger partial charge in [0.15, 0.2) is 5.95 Å². The van der Waals surface area contributed by atoms with E-state index in [1.165, 1.54) is 48.8 Å². The number of aromatic amines is 1. The number of hydrogen-bond acceptors (Lipinski definition) is 10. The number of benzene rings is 2. The number of carboxylic acids is 1. The first-order valence-corrected chi connectivity index (χ1v) is 16.0. The number of pyridine rings is 1. The lowest BCUT2D eigenvalue weighted by Crippen LogP contribution is -2.48. The fraction of sp³-hybridized carbons (Fsp3) is 0.161. The fourth-order valence-corrected chi connectivity index (χ4v) is 5.31. The minimum atomic E-state index is -4.41. The Morgan fingerprint density at radius 3 is 2.54 bits per heavy atom. The van der Waals surface area contributed by atoms with Crippen LogP contribution >= 0.6 is 0 Å². The van der Waals surface area contributed by atoms with Crippen LogP contribution in [0.3, 0.4) is 0 Å². The number of H-pyrrole nitrogens is 1. The van der Waals surface area contributed by atoms with Crippen LogP contribution in [0.5, 0.6) is 0 Å². The number of rotatable bonds is 15. The molecule has 3 heterocycles. The third kappa shape index (κ3) is 8.59. The number of nitrogens with one attached hydrogen (secondary N) is 5. The Morgan fingerprint density at radius 1 is 1.00 bits per heavy atom. The number of hydrogen-bond donors (Lipinski definition) is 7. The molecule has 16 nitrogen and oxygen atoms in total. The number of anilines is 2. The SMILES string of the molecule is O=C(NC[C@H](NC(=O)c1ccc(N/C=C/c2ccccc2S(=O)(=O)O)nc1)C(=O)O)c1ccc2c(cnn2CCCNc2ncc[nH]2)c1. The molecular formula is C31H31N9O7S. The highest BCUT2D eigenvalue weighted by molar-refractivity contribution is 7.85. The van der Waals surface area contributed by atoms with Crippen molar-refractivity contribution < 1.29 is 32.5 Å². The molecule has 7 N–H and O–H groups in total. The lowest BCUT2D eigenvalue weighted by molar-refractivity contribution is -0.139. The Kier molecular flexibility index (Phi) is 10.4. The highest BCUT2D eigenvalue weighted by Gasteiger charge is 2.22. The summed E-state index contributed by atoms with van der Waals surface area (Å²) < 4.78 is 34.3. The molecule has 0 bridgehead atoms. The van der Waals surface area contributed by atoms with Gasteiger partial charge in [0.1, 0.15) is 16.8 Å². The number of aryl methyl sites for hydroxylation is 1. The first-order chi connectivity index (χ1) is 23.1. The molecule has 0 aliphatic heterocycles. The number of aromatic nitrogens is 5. The van der Waals surface area contributed by atoms with Crippen molar-refractivity contribution in [3.8, 4) is 0 Å². The van der Waals surface area contributed by atoms with E-state index < -0.39 is 33.9 Å². The van der Waals surface area contributed by atoms with Crippen molar-refractivity contribution in [2.45, 2.75) is 23.9 Å². The molecule has 3 aromatic heterocycles. The molecule has 0 aliphatic rings. The summed E-state index contributed by atoms with van der Waals surface area (Å²) in [5.74, 6) is -1.59. The molecule has 1 atom stereocenters. The minimum Gasteiger partial charge on any atom is -0.480 e. The molecule has 0 radical (unpaired) electrons. The zero-order valence-electron chi connectivity index (χ0n) is 25.2. The van der Waals surface area contributed by atoms with E-state index in [-0.39, 0.29) is 22.6 Å². The van der Waals surface area contributed by atoms with Gasteiger partial charge in [-0.25, -0.2) is 14.8 Å². The monoisotopic (exact) mass is 673 g/mol. The minimum absolute atomic E-state index is 0.0676. The molecule has 0 saturated carbocycles. The van der Waals surface area contributed by atoms with E-state index in [0.717, 1.165) is 17.3 Å². The Bertz CT molecular complexity index is 2040. The first kappa shape index (κ1) is 33.3. The van der Waals surface area contributed by atoms with Crippen molar-refractivity contribution >= 4 is 56.6 Å². The van der Waals surface area contributed by atoms with E-state index in [1.54, 1.807) is 42.9 Å². The molecule has 248 valence electrons. The number of aliphatic carboxylic acids is 1. The predicted octanol–water partition coefficient (Wildman–Crippen LogP) is 2.60. The van der Waals surface area contributed by atoms with Gasteiger partial charge in [0.2, 0.25) is 0 Å². The zero-order chi connectivity index (χ0) is 34.1. The van der Waals surface area contributed by atoms with Gasteiger partial charge in [-0.1, -0.05) is 18.2 Å². The van der Waals surface area contributed by atoms with Gasteiger partial charge < -0.3 is 31.4 Å². The maximum absolute atomic E-state index is 12.9. The molecule has 0 saturated heterocycles. The van der Waals surface area contributed by atoms with Gasteiger partial charge in [0.25, 0.3) is 21.9 Å². The van der Waals surface area contributed by atoms with Gasteiger partial charge in [-0.05, 0) is 54.5 Å². The molecule has 17 heteroatoms. The predicted molar refractivity (Wildman–Crippen MR) is 176 cm³/mol. The number of carbonyl (C=O) groups excluding carboxylic acids is 2. The van der Waals surface area contributed by atoms with Crippen molar-refractivity contribution in [3.05, 3.63) is 102 Å². The second-order valence-electron chi connectivity index (χ2n) is 10.4. The Hall–Kier alpha value is -6.07. The van der Waals surface area contributed by atoms with Crippen LogP contribution in [0.15, 0.2) is 90.5 Å². The third-order valence-corrected chi connectivity index (χ3v) is 7.96. The van der Waals surface area contributed by atoms with Crippen LogP contribution in [0.1, 0.15) is 32.7 Å². The van der Waals surface area contributed by atoms with Gasteiger partial charge in [0.05, 0.1) is 17.3 Å². The van der Waals surface area contributed by atoms with Crippen LogP contribution in [-0.4, -0.2) is 79.7 Å². The van der Waals surface area contributed by atoms with Crippen molar-refractivity contribution in [2.24, 2.45) is 0 Å². The van der Waals surface area contributed by atoms with E-state index in [9.17, 15) is 32.5 Å². The van der Waals surface area contributed by atoms with Gasteiger partial charge in [0, 0.05) is 55.4 Å². The van der Waals surface area contributed by atoms with Gasteiger partial charge in [-0.2, -0.15) is 13.5 Å². The summed E-state index contributed by atoms with van der Waals surface area (Å²) in [6, 6.07) is 12.3. The smallest absolute Gasteiger partial charge is 0.328 e. The summed E-state index contributed by atoms with van der Waals surface area (Å²) in [7, 11) is -4.41. The van der Waals surface area contributed by atoms with Crippen molar-refractivity contribution in [2.75, 3.05) is 23.7 Å². The van der Waals surface area contributed by atoms with E-state index in [2.05, 4.69) is 41.3 Å². The largest absolute Gasteiger partial charge is 0.480 e.